The Morgan fingerprint density at radius 3 is 2.81 bits per heavy atom. The number of aliphatic hydroxyl groups is 1. The maximum absolute atomic E-state index is 9.86. The number of aromatic nitrogens is 6. The fourth-order valence-corrected chi connectivity index (χ4v) is 3.80. The average molecular weight is 363 g/mol. The second-order valence-electron chi connectivity index (χ2n) is 7.64. The van der Waals surface area contributed by atoms with E-state index < -0.39 is 5.60 Å². The van der Waals surface area contributed by atoms with Crippen LogP contribution in [0.1, 0.15) is 25.6 Å². The third kappa shape index (κ3) is 2.64. The molecule has 1 saturated carbocycles. The number of rotatable bonds is 3. The summed E-state index contributed by atoms with van der Waals surface area (Å²) in [6, 6.07) is 6.18. The molecule has 0 radical (unpaired) electrons. The minimum atomic E-state index is -0.573. The van der Waals surface area contributed by atoms with Crippen LogP contribution in [0.15, 0.2) is 30.6 Å². The molecule has 8 heteroatoms. The van der Waals surface area contributed by atoms with E-state index in [1.54, 1.807) is 0 Å². The smallest absolute Gasteiger partial charge is 0.241 e. The minimum Gasteiger partial charge on any atom is -0.390 e. The van der Waals surface area contributed by atoms with Gasteiger partial charge in [0.15, 0.2) is 5.65 Å². The summed E-state index contributed by atoms with van der Waals surface area (Å²) in [4.78, 5) is 13.7. The van der Waals surface area contributed by atoms with Gasteiger partial charge in [-0.05, 0) is 44.9 Å². The summed E-state index contributed by atoms with van der Waals surface area (Å²) in [5.74, 6) is 1.50. The zero-order chi connectivity index (χ0) is 18.8. The summed E-state index contributed by atoms with van der Waals surface area (Å²) in [7, 11) is 1.97. The van der Waals surface area contributed by atoms with Gasteiger partial charge < -0.3 is 15.0 Å². The molecule has 138 valence electrons. The molecule has 4 aromatic heterocycles. The van der Waals surface area contributed by atoms with Gasteiger partial charge in [-0.3, -0.25) is 0 Å². The van der Waals surface area contributed by atoms with E-state index in [-0.39, 0.29) is 6.04 Å². The van der Waals surface area contributed by atoms with Gasteiger partial charge in [0.1, 0.15) is 11.3 Å². The van der Waals surface area contributed by atoms with Crippen LogP contribution in [0.2, 0.25) is 0 Å². The van der Waals surface area contributed by atoms with E-state index >= 15 is 0 Å². The number of aryl methyl sites for hydroxylation is 2. The van der Waals surface area contributed by atoms with Crippen molar-refractivity contribution >= 4 is 22.6 Å². The number of anilines is 1. The molecule has 1 aliphatic carbocycles. The number of fused-ring (bicyclic) bond motifs is 2. The van der Waals surface area contributed by atoms with E-state index in [9.17, 15) is 5.11 Å². The molecule has 8 nitrogen and oxygen atoms in total. The molecule has 0 aliphatic heterocycles. The third-order valence-electron chi connectivity index (χ3n) is 5.34. The summed E-state index contributed by atoms with van der Waals surface area (Å²) >= 11 is 0. The van der Waals surface area contributed by atoms with Crippen molar-refractivity contribution in [1.29, 1.82) is 0 Å². The van der Waals surface area contributed by atoms with E-state index in [2.05, 4.69) is 20.4 Å². The monoisotopic (exact) mass is 363 g/mol. The Morgan fingerprint density at radius 1 is 1.22 bits per heavy atom. The van der Waals surface area contributed by atoms with Crippen LogP contribution in [0.4, 0.5) is 5.95 Å². The number of hydrogen-bond donors (Lipinski definition) is 2. The van der Waals surface area contributed by atoms with Crippen molar-refractivity contribution in [3.63, 3.8) is 0 Å². The highest BCUT2D eigenvalue weighted by molar-refractivity contribution is 5.82. The zero-order valence-electron chi connectivity index (χ0n) is 15.5. The summed E-state index contributed by atoms with van der Waals surface area (Å²) in [6.45, 7) is 3.82. The fourth-order valence-electron chi connectivity index (χ4n) is 3.80. The number of nitrogens with zero attached hydrogens (tertiary/aromatic N) is 6. The Morgan fingerprint density at radius 2 is 2.04 bits per heavy atom. The van der Waals surface area contributed by atoms with E-state index in [1.807, 2.05) is 60.6 Å². The molecule has 4 heterocycles. The third-order valence-corrected chi connectivity index (χ3v) is 5.34. The molecule has 0 spiro atoms. The Labute approximate surface area is 155 Å². The average Bonchev–Trinajstić information content (AvgIpc) is 3.14. The molecule has 0 amide bonds. The first-order chi connectivity index (χ1) is 12.9. The van der Waals surface area contributed by atoms with Gasteiger partial charge in [0.25, 0.3) is 0 Å². The van der Waals surface area contributed by atoms with E-state index in [0.717, 1.165) is 33.8 Å². The van der Waals surface area contributed by atoms with Crippen LogP contribution >= 0.6 is 0 Å². The van der Waals surface area contributed by atoms with Crippen LogP contribution < -0.4 is 5.32 Å². The molecule has 0 atom stereocenters. The van der Waals surface area contributed by atoms with Crippen molar-refractivity contribution in [2.24, 2.45) is 7.05 Å². The largest absolute Gasteiger partial charge is 0.390 e. The molecular weight excluding hydrogens is 342 g/mol. The molecule has 0 bridgehead atoms. The van der Waals surface area contributed by atoms with Crippen LogP contribution in [0, 0.1) is 6.92 Å². The van der Waals surface area contributed by atoms with Crippen molar-refractivity contribution in [1.82, 2.24) is 29.1 Å². The Kier molecular flexibility index (Phi) is 3.30. The number of nitrogens with one attached hydrogen (secondary N) is 1. The van der Waals surface area contributed by atoms with Crippen LogP contribution in [-0.2, 0) is 7.05 Å². The van der Waals surface area contributed by atoms with Gasteiger partial charge in [-0.1, -0.05) is 0 Å². The first-order valence-corrected chi connectivity index (χ1v) is 9.03. The van der Waals surface area contributed by atoms with E-state index in [1.165, 1.54) is 0 Å². The predicted molar refractivity (Wildman–Crippen MR) is 102 cm³/mol. The molecule has 4 aromatic rings. The van der Waals surface area contributed by atoms with Gasteiger partial charge in [-0.2, -0.15) is 0 Å². The van der Waals surface area contributed by atoms with Crippen LogP contribution in [-0.4, -0.2) is 45.9 Å². The van der Waals surface area contributed by atoms with Gasteiger partial charge in [0.05, 0.1) is 23.0 Å². The molecule has 0 saturated heterocycles. The Balaban J connectivity index is 1.48. The summed E-state index contributed by atoms with van der Waals surface area (Å²) in [5, 5.41) is 17.7. The SMILES string of the molecule is Cc1nc2ccc(-c3ccn4nc(NC5CC(C)(O)C5)ncc34)nc2n1C. The van der Waals surface area contributed by atoms with E-state index in [4.69, 9.17) is 4.98 Å². The molecule has 1 fully saturated rings. The highest BCUT2D eigenvalue weighted by atomic mass is 16.3. The van der Waals surface area contributed by atoms with Crippen molar-refractivity contribution in [3.05, 3.63) is 36.4 Å². The van der Waals surface area contributed by atoms with Crippen LogP contribution in [0.5, 0.6) is 0 Å². The van der Waals surface area contributed by atoms with Crippen molar-refractivity contribution < 1.29 is 5.11 Å². The predicted octanol–water partition coefficient (Wildman–Crippen LogP) is 2.31. The van der Waals surface area contributed by atoms with E-state index in [0.29, 0.717) is 18.8 Å². The van der Waals surface area contributed by atoms with Gasteiger partial charge >= 0.3 is 0 Å². The quantitative estimate of drug-likeness (QED) is 0.580. The minimum absolute atomic E-state index is 0.213. The second-order valence-corrected chi connectivity index (χ2v) is 7.64. The first-order valence-electron chi connectivity index (χ1n) is 9.03. The van der Waals surface area contributed by atoms with Gasteiger partial charge in [0, 0.05) is 24.8 Å². The highest BCUT2D eigenvalue weighted by Crippen LogP contribution is 2.33. The number of hydrogen-bond acceptors (Lipinski definition) is 6. The molecule has 0 aromatic carbocycles. The maximum Gasteiger partial charge on any atom is 0.241 e. The lowest BCUT2D eigenvalue weighted by Crippen LogP contribution is -2.48. The molecular formula is C19H21N7O. The first kappa shape index (κ1) is 16.2. The van der Waals surface area contributed by atoms with Crippen molar-refractivity contribution in [3.8, 4) is 11.3 Å². The topological polar surface area (TPSA) is 93.2 Å². The molecule has 5 rings (SSSR count). The summed E-state index contributed by atoms with van der Waals surface area (Å²) in [5.41, 5.74) is 3.92. The summed E-state index contributed by atoms with van der Waals surface area (Å²) in [6.07, 6.45) is 5.13. The molecule has 27 heavy (non-hydrogen) atoms. The van der Waals surface area contributed by atoms with Gasteiger partial charge in [-0.15, -0.1) is 5.10 Å². The Bertz CT molecular complexity index is 1170. The normalized spacial score (nSPS) is 22.3. The van der Waals surface area contributed by atoms with Crippen molar-refractivity contribution in [2.75, 3.05) is 5.32 Å². The lowest BCUT2D eigenvalue weighted by molar-refractivity contribution is -0.0236. The summed E-state index contributed by atoms with van der Waals surface area (Å²) < 4.78 is 3.80. The van der Waals surface area contributed by atoms with Gasteiger partial charge in [-0.25, -0.2) is 19.5 Å². The number of imidazole rings is 1. The molecule has 1 aliphatic rings. The van der Waals surface area contributed by atoms with Crippen LogP contribution in [0.3, 0.4) is 0 Å². The standard InChI is InChI=1S/C19H21N7O/c1-11-21-15-5-4-14(23-17(15)25(11)3)13-6-7-26-16(13)10-20-18(24-26)22-12-8-19(2,27)9-12/h4-7,10,12,27H,8-9H2,1-3H3,(H,22,24). The van der Waals surface area contributed by atoms with Crippen LogP contribution in [0.25, 0.3) is 27.9 Å². The lowest BCUT2D eigenvalue weighted by Gasteiger charge is -2.41. The molecule has 0 unspecified atom stereocenters. The van der Waals surface area contributed by atoms with Crippen molar-refractivity contribution in [2.45, 2.75) is 38.3 Å². The number of pyridine rings is 1. The lowest BCUT2D eigenvalue weighted by atomic mass is 9.77. The van der Waals surface area contributed by atoms with Gasteiger partial charge in [0.2, 0.25) is 5.95 Å². The second kappa shape index (κ2) is 5.50. The highest BCUT2D eigenvalue weighted by Gasteiger charge is 2.38. The zero-order valence-corrected chi connectivity index (χ0v) is 15.5. The maximum atomic E-state index is 9.86. The fraction of sp³-hybridized carbons (Fsp3) is 0.368. The Hall–Kier alpha value is -3.00. The molecule has 2 N–H and O–H groups in total.